The van der Waals surface area contributed by atoms with Crippen LogP contribution in [0.3, 0.4) is 0 Å². The van der Waals surface area contributed by atoms with Crippen molar-refractivity contribution in [3.8, 4) is 0 Å². The van der Waals surface area contributed by atoms with E-state index in [2.05, 4.69) is 17.2 Å². The van der Waals surface area contributed by atoms with Gasteiger partial charge in [-0.05, 0) is 31.5 Å². The molecule has 0 radical (unpaired) electrons. The molecule has 0 saturated carbocycles. The molecule has 4 heteroatoms. The van der Waals surface area contributed by atoms with Crippen molar-refractivity contribution in [3.63, 3.8) is 0 Å². The van der Waals surface area contributed by atoms with Crippen LogP contribution in [0.1, 0.15) is 25.6 Å². The summed E-state index contributed by atoms with van der Waals surface area (Å²) in [6.45, 7) is 3.88. The van der Waals surface area contributed by atoms with E-state index in [1.807, 2.05) is 35.9 Å². The summed E-state index contributed by atoms with van der Waals surface area (Å²) in [5.74, 6) is 1.16. The van der Waals surface area contributed by atoms with E-state index in [1.54, 1.807) is 0 Å². The Balaban J connectivity index is 1.85. The molecule has 0 spiro atoms. The molecule has 1 atom stereocenters. The molecule has 2 heterocycles. The molecule has 1 aromatic heterocycles. The summed E-state index contributed by atoms with van der Waals surface area (Å²) in [4.78, 5) is 17.2. The van der Waals surface area contributed by atoms with Gasteiger partial charge in [-0.15, -0.1) is 0 Å². The Morgan fingerprint density at radius 1 is 1.45 bits per heavy atom. The summed E-state index contributed by atoms with van der Waals surface area (Å²) < 4.78 is 2.03. The Morgan fingerprint density at radius 3 is 2.95 bits per heavy atom. The lowest BCUT2D eigenvalue weighted by molar-refractivity contribution is -0.128. The van der Waals surface area contributed by atoms with Gasteiger partial charge in [-0.25, -0.2) is 4.98 Å². The number of nitrogens with one attached hydrogen (secondary N) is 1. The fourth-order valence-electron chi connectivity index (χ4n) is 3.00. The van der Waals surface area contributed by atoms with Crippen molar-refractivity contribution in [2.45, 2.75) is 26.2 Å². The number of carbonyl (C=O) groups excluding carboxylic acids is 1. The number of aryl methyl sites for hydroxylation is 1. The van der Waals surface area contributed by atoms with Gasteiger partial charge in [-0.2, -0.15) is 0 Å². The smallest absolute Gasteiger partial charge is 0.147 e. The third kappa shape index (κ3) is 2.24. The minimum absolute atomic E-state index is 0.240. The molecule has 1 unspecified atom stereocenters. The number of Topliss-reactive ketones (excluding diaryl/α,β-unsaturated/α-hetero) is 1. The van der Waals surface area contributed by atoms with Gasteiger partial charge in [0.25, 0.3) is 0 Å². The SMILES string of the molecule is Cn1c(CC(=O)C2(C)CCCNC2)nc2ccccc21. The van der Waals surface area contributed by atoms with Crippen molar-refractivity contribution in [1.82, 2.24) is 14.9 Å². The highest BCUT2D eigenvalue weighted by atomic mass is 16.1. The zero-order valence-electron chi connectivity index (χ0n) is 12.1. The van der Waals surface area contributed by atoms with E-state index in [0.29, 0.717) is 12.2 Å². The second-order valence-electron chi connectivity index (χ2n) is 6.02. The number of imidazole rings is 1. The van der Waals surface area contributed by atoms with Gasteiger partial charge < -0.3 is 9.88 Å². The van der Waals surface area contributed by atoms with Gasteiger partial charge in [0.05, 0.1) is 17.5 Å². The zero-order valence-corrected chi connectivity index (χ0v) is 12.1. The van der Waals surface area contributed by atoms with Crippen LogP contribution < -0.4 is 5.32 Å². The quantitative estimate of drug-likeness (QED) is 0.929. The highest BCUT2D eigenvalue weighted by molar-refractivity contribution is 5.87. The lowest BCUT2D eigenvalue weighted by Gasteiger charge is -2.32. The van der Waals surface area contributed by atoms with Crippen LogP contribution in [-0.2, 0) is 18.3 Å². The molecule has 0 bridgehead atoms. The van der Waals surface area contributed by atoms with Crippen molar-refractivity contribution in [3.05, 3.63) is 30.1 Å². The van der Waals surface area contributed by atoms with E-state index >= 15 is 0 Å². The zero-order chi connectivity index (χ0) is 14.2. The summed E-state index contributed by atoms with van der Waals surface area (Å²) in [6.07, 6.45) is 2.47. The number of benzene rings is 1. The van der Waals surface area contributed by atoms with Crippen molar-refractivity contribution in [2.75, 3.05) is 13.1 Å². The van der Waals surface area contributed by atoms with Crippen molar-refractivity contribution in [2.24, 2.45) is 12.5 Å². The molecule has 1 saturated heterocycles. The molecular formula is C16H21N3O. The summed E-state index contributed by atoms with van der Waals surface area (Å²) >= 11 is 0. The molecule has 1 N–H and O–H groups in total. The second kappa shape index (κ2) is 5.02. The molecule has 1 fully saturated rings. The lowest BCUT2D eigenvalue weighted by atomic mass is 9.78. The fourth-order valence-corrected chi connectivity index (χ4v) is 3.00. The number of para-hydroxylation sites is 2. The number of ketones is 1. The molecule has 0 aliphatic carbocycles. The molecule has 3 rings (SSSR count). The maximum atomic E-state index is 12.6. The summed E-state index contributed by atoms with van der Waals surface area (Å²) in [5, 5.41) is 3.34. The first-order chi connectivity index (χ1) is 9.60. The molecule has 4 nitrogen and oxygen atoms in total. The van der Waals surface area contributed by atoms with Crippen molar-refractivity contribution >= 4 is 16.8 Å². The number of carbonyl (C=O) groups is 1. The number of piperidine rings is 1. The van der Waals surface area contributed by atoms with E-state index < -0.39 is 0 Å². The predicted molar refractivity (Wildman–Crippen MR) is 79.6 cm³/mol. The first kappa shape index (κ1) is 13.3. The van der Waals surface area contributed by atoms with Gasteiger partial charge in [0.15, 0.2) is 0 Å². The highest BCUT2D eigenvalue weighted by Crippen LogP contribution is 2.28. The van der Waals surface area contributed by atoms with E-state index in [1.165, 1.54) is 0 Å². The van der Waals surface area contributed by atoms with Gasteiger partial charge >= 0.3 is 0 Å². The number of aromatic nitrogens is 2. The molecule has 1 aliphatic rings. The van der Waals surface area contributed by atoms with Crippen LogP contribution in [0.2, 0.25) is 0 Å². The predicted octanol–water partition coefficient (Wildman–Crippen LogP) is 2.07. The molecule has 106 valence electrons. The third-order valence-electron chi connectivity index (χ3n) is 4.47. The monoisotopic (exact) mass is 271 g/mol. The van der Waals surface area contributed by atoms with E-state index in [4.69, 9.17) is 0 Å². The van der Waals surface area contributed by atoms with Crippen LogP contribution in [0.15, 0.2) is 24.3 Å². The van der Waals surface area contributed by atoms with Crippen LogP contribution in [0.4, 0.5) is 0 Å². The first-order valence-electron chi connectivity index (χ1n) is 7.24. The number of hydrogen-bond acceptors (Lipinski definition) is 3. The Morgan fingerprint density at radius 2 is 2.25 bits per heavy atom. The molecule has 1 aliphatic heterocycles. The Bertz CT molecular complexity index is 638. The topological polar surface area (TPSA) is 46.9 Å². The molecule has 0 amide bonds. The average molecular weight is 271 g/mol. The first-order valence-corrected chi connectivity index (χ1v) is 7.24. The molecular weight excluding hydrogens is 250 g/mol. The summed E-state index contributed by atoms with van der Waals surface area (Å²) in [6, 6.07) is 8.02. The number of rotatable bonds is 3. The Labute approximate surface area is 119 Å². The van der Waals surface area contributed by atoms with Gasteiger partial charge in [0.1, 0.15) is 11.6 Å². The van der Waals surface area contributed by atoms with E-state index in [9.17, 15) is 4.79 Å². The average Bonchev–Trinajstić information content (AvgIpc) is 2.77. The van der Waals surface area contributed by atoms with Crippen LogP contribution in [0.25, 0.3) is 11.0 Å². The summed E-state index contributed by atoms with van der Waals surface area (Å²) in [7, 11) is 1.99. The third-order valence-corrected chi connectivity index (χ3v) is 4.47. The minimum Gasteiger partial charge on any atom is -0.331 e. The molecule has 2 aromatic rings. The highest BCUT2D eigenvalue weighted by Gasteiger charge is 2.34. The second-order valence-corrected chi connectivity index (χ2v) is 6.02. The van der Waals surface area contributed by atoms with Gasteiger partial charge in [-0.3, -0.25) is 4.79 Å². The van der Waals surface area contributed by atoms with Gasteiger partial charge in [0.2, 0.25) is 0 Å². The largest absolute Gasteiger partial charge is 0.331 e. The number of nitrogens with zero attached hydrogens (tertiary/aromatic N) is 2. The standard InChI is InChI=1S/C16H21N3O/c1-16(8-5-9-17-11-16)14(20)10-15-18-12-6-3-4-7-13(12)19(15)2/h3-4,6-7,17H,5,8-11H2,1-2H3. The van der Waals surface area contributed by atoms with Gasteiger partial charge in [-0.1, -0.05) is 19.1 Å². The number of fused-ring (bicyclic) bond motifs is 1. The van der Waals surface area contributed by atoms with Crippen LogP contribution >= 0.6 is 0 Å². The number of hydrogen-bond donors (Lipinski definition) is 1. The van der Waals surface area contributed by atoms with Crippen molar-refractivity contribution < 1.29 is 4.79 Å². The van der Waals surface area contributed by atoms with Crippen LogP contribution in [-0.4, -0.2) is 28.4 Å². The van der Waals surface area contributed by atoms with Gasteiger partial charge in [0, 0.05) is 19.0 Å². The Kier molecular flexibility index (Phi) is 3.34. The van der Waals surface area contributed by atoms with Crippen LogP contribution in [0.5, 0.6) is 0 Å². The maximum absolute atomic E-state index is 12.6. The van der Waals surface area contributed by atoms with E-state index in [0.717, 1.165) is 42.8 Å². The molecule has 20 heavy (non-hydrogen) atoms. The lowest BCUT2D eigenvalue weighted by Crippen LogP contribution is -2.44. The van der Waals surface area contributed by atoms with Crippen molar-refractivity contribution in [1.29, 1.82) is 0 Å². The minimum atomic E-state index is -0.240. The fraction of sp³-hybridized carbons (Fsp3) is 0.500. The Hall–Kier alpha value is -1.68. The maximum Gasteiger partial charge on any atom is 0.147 e. The molecule has 1 aromatic carbocycles. The van der Waals surface area contributed by atoms with E-state index in [-0.39, 0.29) is 5.41 Å². The van der Waals surface area contributed by atoms with Crippen LogP contribution in [0, 0.1) is 5.41 Å². The normalized spacial score (nSPS) is 23.1. The summed E-state index contributed by atoms with van der Waals surface area (Å²) in [5.41, 5.74) is 1.81.